The highest BCUT2D eigenvalue weighted by molar-refractivity contribution is 6.08. The third kappa shape index (κ3) is 3.01. The van der Waals surface area contributed by atoms with Crippen molar-refractivity contribution in [2.45, 2.75) is 34.6 Å². The van der Waals surface area contributed by atoms with Gasteiger partial charge >= 0.3 is 0 Å². The third-order valence-corrected chi connectivity index (χ3v) is 4.79. The molecule has 0 saturated heterocycles. The number of hydrogen-bond acceptors (Lipinski definition) is 5. The molecule has 0 aliphatic heterocycles. The van der Waals surface area contributed by atoms with E-state index in [2.05, 4.69) is 15.1 Å². The van der Waals surface area contributed by atoms with Crippen LogP contribution >= 0.6 is 0 Å². The molecule has 0 amide bonds. The molecule has 142 valence electrons. The zero-order valence-corrected chi connectivity index (χ0v) is 16.6. The van der Waals surface area contributed by atoms with E-state index in [0.29, 0.717) is 22.4 Å². The molecule has 4 rings (SSSR count). The van der Waals surface area contributed by atoms with Gasteiger partial charge in [-0.25, -0.2) is 9.97 Å². The minimum absolute atomic E-state index is 0.0367. The number of carbonyl (C=O) groups is 1. The Morgan fingerprint density at radius 2 is 1.89 bits per heavy atom. The van der Waals surface area contributed by atoms with E-state index in [1.54, 1.807) is 12.4 Å². The van der Waals surface area contributed by atoms with Crippen LogP contribution in [0, 0.1) is 19.3 Å². The number of Topliss-reactive ketones (excluding diaryl/α,β-unsaturated/α-hetero) is 1. The van der Waals surface area contributed by atoms with Gasteiger partial charge in [0, 0.05) is 22.7 Å². The number of ketones is 1. The Labute approximate surface area is 163 Å². The minimum atomic E-state index is -0.490. The summed E-state index contributed by atoms with van der Waals surface area (Å²) in [5.41, 5.74) is 5.76. The molecule has 1 aromatic carbocycles. The summed E-state index contributed by atoms with van der Waals surface area (Å²) >= 11 is 0. The second-order valence-corrected chi connectivity index (χ2v) is 8.01. The molecule has 4 aromatic rings. The van der Waals surface area contributed by atoms with E-state index in [1.165, 1.54) is 0 Å². The summed E-state index contributed by atoms with van der Waals surface area (Å²) in [6.45, 7) is 9.53. The average Bonchev–Trinajstić information content (AvgIpc) is 3.22. The summed E-state index contributed by atoms with van der Waals surface area (Å²) in [7, 11) is 0. The van der Waals surface area contributed by atoms with Gasteiger partial charge in [0.05, 0.1) is 23.1 Å². The van der Waals surface area contributed by atoms with Crippen molar-refractivity contribution in [2.24, 2.45) is 5.41 Å². The second-order valence-electron chi connectivity index (χ2n) is 8.01. The number of nitrogens with zero attached hydrogens (tertiary/aromatic N) is 3. The molecule has 0 spiro atoms. The second kappa shape index (κ2) is 6.41. The van der Waals surface area contributed by atoms with Crippen LogP contribution in [0.3, 0.4) is 0 Å². The Morgan fingerprint density at radius 3 is 2.57 bits per heavy atom. The lowest BCUT2D eigenvalue weighted by atomic mass is 9.87. The maximum absolute atomic E-state index is 12.8. The molecular formula is C22H22N4O2. The number of carbonyl (C=O) groups excluding carboxylic acids is 1. The van der Waals surface area contributed by atoms with Gasteiger partial charge in [0.1, 0.15) is 11.3 Å². The van der Waals surface area contributed by atoms with Crippen molar-refractivity contribution in [3.8, 4) is 22.4 Å². The maximum atomic E-state index is 12.8. The molecule has 0 radical (unpaired) electrons. The van der Waals surface area contributed by atoms with Crippen molar-refractivity contribution in [1.82, 2.24) is 20.1 Å². The first-order valence-corrected chi connectivity index (χ1v) is 9.18. The van der Waals surface area contributed by atoms with Gasteiger partial charge in [0.15, 0.2) is 11.4 Å². The Balaban J connectivity index is 1.82. The number of nitrogens with one attached hydrogen (secondary N) is 1. The Hall–Kier alpha value is -3.28. The molecule has 0 aliphatic carbocycles. The van der Waals surface area contributed by atoms with Gasteiger partial charge in [-0.2, -0.15) is 0 Å². The van der Waals surface area contributed by atoms with Gasteiger partial charge in [-0.3, -0.25) is 4.79 Å². The van der Waals surface area contributed by atoms with Crippen LogP contribution < -0.4 is 0 Å². The Bertz CT molecular complexity index is 1180. The van der Waals surface area contributed by atoms with E-state index in [4.69, 9.17) is 9.51 Å². The number of fused-ring (bicyclic) bond motifs is 1. The van der Waals surface area contributed by atoms with Crippen molar-refractivity contribution >= 4 is 16.9 Å². The van der Waals surface area contributed by atoms with Crippen LogP contribution in [-0.4, -0.2) is 25.9 Å². The van der Waals surface area contributed by atoms with Crippen LogP contribution in [-0.2, 0) is 0 Å². The third-order valence-electron chi connectivity index (χ3n) is 4.79. The molecule has 3 aromatic heterocycles. The fourth-order valence-corrected chi connectivity index (χ4v) is 3.34. The molecule has 0 saturated carbocycles. The summed E-state index contributed by atoms with van der Waals surface area (Å²) in [5.74, 6) is 0.814. The number of aromatic nitrogens is 4. The van der Waals surface area contributed by atoms with Gasteiger partial charge in [-0.1, -0.05) is 44.1 Å². The standard InChI is InChI=1S/C22H22N4O2/c1-12-18(13(2)28-26-12)15-8-6-7-14(9-15)17-11-24-21-19(25-17)16(10-23-21)20(27)22(3,4)5/h6-11H,1-5H3,(H,23,24). The number of H-pyrrole nitrogens is 1. The van der Waals surface area contributed by atoms with E-state index in [1.807, 2.05) is 58.9 Å². The van der Waals surface area contributed by atoms with Crippen LogP contribution in [0.1, 0.15) is 42.6 Å². The first-order chi connectivity index (χ1) is 13.3. The van der Waals surface area contributed by atoms with Gasteiger partial charge in [-0.15, -0.1) is 0 Å². The predicted molar refractivity (Wildman–Crippen MR) is 108 cm³/mol. The fraction of sp³-hybridized carbons (Fsp3) is 0.273. The lowest BCUT2D eigenvalue weighted by Crippen LogP contribution is -2.20. The highest BCUT2D eigenvalue weighted by Gasteiger charge is 2.26. The Morgan fingerprint density at radius 1 is 1.14 bits per heavy atom. The largest absolute Gasteiger partial charge is 0.361 e. The quantitative estimate of drug-likeness (QED) is 0.503. The van der Waals surface area contributed by atoms with Crippen molar-refractivity contribution in [2.75, 3.05) is 0 Å². The first kappa shape index (κ1) is 18.1. The van der Waals surface area contributed by atoms with Crippen LogP contribution in [0.25, 0.3) is 33.5 Å². The number of benzene rings is 1. The van der Waals surface area contributed by atoms with E-state index in [0.717, 1.165) is 28.1 Å². The highest BCUT2D eigenvalue weighted by Crippen LogP contribution is 2.31. The van der Waals surface area contributed by atoms with Crippen LogP contribution in [0.4, 0.5) is 0 Å². The Kier molecular flexibility index (Phi) is 4.14. The number of aryl methyl sites for hydroxylation is 2. The molecule has 0 unspecified atom stereocenters. The van der Waals surface area contributed by atoms with E-state index in [9.17, 15) is 4.79 Å². The SMILES string of the molecule is Cc1noc(C)c1-c1cccc(-c2cnc3[nH]cc(C(=O)C(C)(C)C)c3n2)c1. The fourth-order valence-electron chi connectivity index (χ4n) is 3.34. The number of hydrogen-bond donors (Lipinski definition) is 1. The first-order valence-electron chi connectivity index (χ1n) is 9.18. The predicted octanol–water partition coefficient (Wildman–Crippen LogP) is 5.13. The van der Waals surface area contributed by atoms with E-state index in [-0.39, 0.29) is 5.78 Å². The van der Waals surface area contributed by atoms with Gasteiger partial charge < -0.3 is 9.51 Å². The smallest absolute Gasteiger partial charge is 0.171 e. The van der Waals surface area contributed by atoms with E-state index < -0.39 is 5.41 Å². The van der Waals surface area contributed by atoms with Crippen LogP contribution in [0.15, 0.2) is 41.2 Å². The topological polar surface area (TPSA) is 84.7 Å². The summed E-state index contributed by atoms with van der Waals surface area (Å²) in [5, 5.41) is 4.04. The molecule has 0 atom stereocenters. The van der Waals surface area contributed by atoms with Crippen LogP contribution in [0.5, 0.6) is 0 Å². The minimum Gasteiger partial charge on any atom is -0.361 e. The van der Waals surface area contributed by atoms with E-state index >= 15 is 0 Å². The summed E-state index contributed by atoms with van der Waals surface area (Å²) < 4.78 is 5.30. The molecule has 6 heteroatoms. The van der Waals surface area contributed by atoms with Crippen molar-refractivity contribution < 1.29 is 9.32 Å². The monoisotopic (exact) mass is 374 g/mol. The van der Waals surface area contributed by atoms with Gasteiger partial charge in [-0.05, 0) is 25.5 Å². The molecular weight excluding hydrogens is 352 g/mol. The molecule has 6 nitrogen and oxygen atoms in total. The van der Waals surface area contributed by atoms with Gasteiger partial charge in [0.25, 0.3) is 0 Å². The lowest BCUT2D eigenvalue weighted by molar-refractivity contribution is 0.0860. The highest BCUT2D eigenvalue weighted by atomic mass is 16.5. The molecule has 0 aliphatic rings. The average molecular weight is 374 g/mol. The van der Waals surface area contributed by atoms with Crippen molar-refractivity contribution in [1.29, 1.82) is 0 Å². The molecule has 0 fully saturated rings. The molecule has 0 bridgehead atoms. The molecule has 1 N–H and O–H groups in total. The van der Waals surface area contributed by atoms with Gasteiger partial charge in [0.2, 0.25) is 0 Å². The molecule has 3 heterocycles. The van der Waals surface area contributed by atoms with Crippen molar-refractivity contribution in [3.05, 3.63) is 53.7 Å². The molecule has 28 heavy (non-hydrogen) atoms. The zero-order chi connectivity index (χ0) is 20.1. The lowest BCUT2D eigenvalue weighted by Gasteiger charge is -2.15. The summed E-state index contributed by atoms with van der Waals surface area (Å²) in [4.78, 5) is 25.0. The summed E-state index contributed by atoms with van der Waals surface area (Å²) in [6.07, 6.45) is 3.42. The van der Waals surface area contributed by atoms with Crippen molar-refractivity contribution in [3.63, 3.8) is 0 Å². The maximum Gasteiger partial charge on any atom is 0.171 e. The summed E-state index contributed by atoms with van der Waals surface area (Å²) in [6, 6.07) is 8.02. The normalized spacial score (nSPS) is 11.9. The van der Waals surface area contributed by atoms with Crippen LogP contribution in [0.2, 0.25) is 0 Å². The zero-order valence-electron chi connectivity index (χ0n) is 16.6. The number of rotatable bonds is 3. The number of aromatic amines is 1.